The van der Waals surface area contributed by atoms with Crippen LogP contribution in [0.4, 0.5) is 0 Å². The molecule has 2 amide bonds. The van der Waals surface area contributed by atoms with E-state index in [2.05, 4.69) is 12.2 Å². The highest BCUT2D eigenvalue weighted by Crippen LogP contribution is 2.33. The van der Waals surface area contributed by atoms with Gasteiger partial charge >= 0.3 is 0 Å². The lowest BCUT2D eigenvalue weighted by Gasteiger charge is -2.39. The summed E-state index contributed by atoms with van der Waals surface area (Å²) in [6.07, 6.45) is 5.26. The van der Waals surface area contributed by atoms with Gasteiger partial charge in [0.1, 0.15) is 6.04 Å². The van der Waals surface area contributed by atoms with Crippen molar-refractivity contribution < 1.29 is 9.59 Å². The Hall–Kier alpha value is -1.10. The van der Waals surface area contributed by atoms with Crippen molar-refractivity contribution in [1.82, 2.24) is 10.2 Å². The number of nitrogens with zero attached hydrogens (tertiary/aromatic N) is 1. The number of carbonyl (C=O) groups is 2. The third-order valence-corrected chi connectivity index (χ3v) is 4.52. The second kappa shape index (κ2) is 5.49. The van der Waals surface area contributed by atoms with Crippen LogP contribution >= 0.6 is 0 Å². The Kier molecular flexibility index (Phi) is 4.13. The first kappa shape index (κ1) is 14.3. The topological polar surface area (TPSA) is 75.4 Å². The summed E-state index contributed by atoms with van der Waals surface area (Å²) in [6, 6.07) is -0.324. The zero-order valence-electron chi connectivity index (χ0n) is 11.9. The van der Waals surface area contributed by atoms with Crippen LogP contribution in [-0.4, -0.2) is 41.9 Å². The molecule has 2 rings (SSSR count). The lowest BCUT2D eigenvalue weighted by atomic mass is 9.76. The van der Waals surface area contributed by atoms with Crippen molar-refractivity contribution >= 4 is 11.8 Å². The van der Waals surface area contributed by atoms with Crippen molar-refractivity contribution in [2.75, 3.05) is 13.6 Å². The van der Waals surface area contributed by atoms with Gasteiger partial charge in [0.25, 0.3) is 0 Å². The van der Waals surface area contributed by atoms with Gasteiger partial charge in [0.15, 0.2) is 0 Å². The van der Waals surface area contributed by atoms with Crippen LogP contribution in [0.5, 0.6) is 0 Å². The maximum atomic E-state index is 12.7. The Morgan fingerprint density at radius 2 is 2.05 bits per heavy atom. The van der Waals surface area contributed by atoms with Gasteiger partial charge in [0.2, 0.25) is 11.8 Å². The second-order valence-corrected chi connectivity index (χ2v) is 6.13. The Morgan fingerprint density at radius 1 is 1.32 bits per heavy atom. The SMILES string of the molecule is CNC(=O)C1CCCN1C(=O)C1(N)CCCC(C)C1. The van der Waals surface area contributed by atoms with Gasteiger partial charge < -0.3 is 16.0 Å². The Labute approximate surface area is 114 Å². The summed E-state index contributed by atoms with van der Waals surface area (Å²) < 4.78 is 0. The number of hydrogen-bond acceptors (Lipinski definition) is 3. The van der Waals surface area contributed by atoms with Crippen LogP contribution in [0.2, 0.25) is 0 Å². The number of nitrogens with one attached hydrogen (secondary N) is 1. The number of amides is 2. The van der Waals surface area contributed by atoms with E-state index in [0.29, 0.717) is 12.5 Å². The lowest BCUT2D eigenvalue weighted by Crippen LogP contribution is -2.60. The molecule has 19 heavy (non-hydrogen) atoms. The van der Waals surface area contributed by atoms with Crippen LogP contribution in [-0.2, 0) is 9.59 Å². The molecule has 0 aromatic heterocycles. The third-order valence-electron chi connectivity index (χ3n) is 4.52. The minimum Gasteiger partial charge on any atom is -0.357 e. The Bertz CT molecular complexity index is 372. The predicted molar refractivity (Wildman–Crippen MR) is 73.4 cm³/mol. The predicted octanol–water partition coefficient (Wildman–Crippen LogP) is 0.631. The molecule has 0 spiro atoms. The van der Waals surface area contributed by atoms with E-state index in [-0.39, 0.29) is 17.9 Å². The van der Waals surface area contributed by atoms with Gasteiger partial charge in [-0.1, -0.05) is 19.8 Å². The third kappa shape index (κ3) is 2.76. The summed E-state index contributed by atoms with van der Waals surface area (Å²) in [5.41, 5.74) is 5.60. The summed E-state index contributed by atoms with van der Waals surface area (Å²) in [5, 5.41) is 2.64. The first-order valence-corrected chi connectivity index (χ1v) is 7.29. The molecule has 3 unspecified atom stereocenters. The molecule has 5 nitrogen and oxygen atoms in total. The van der Waals surface area contributed by atoms with Gasteiger partial charge in [0, 0.05) is 13.6 Å². The van der Waals surface area contributed by atoms with E-state index in [4.69, 9.17) is 5.73 Å². The van der Waals surface area contributed by atoms with Crippen LogP contribution in [0, 0.1) is 5.92 Å². The van der Waals surface area contributed by atoms with Gasteiger partial charge in [-0.15, -0.1) is 0 Å². The molecule has 0 bridgehead atoms. The van der Waals surface area contributed by atoms with Crippen molar-refractivity contribution in [3.63, 3.8) is 0 Å². The monoisotopic (exact) mass is 267 g/mol. The average Bonchev–Trinajstić information content (AvgIpc) is 2.85. The maximum absolute atomic E-state index is 12.7. The van der Waals surface area contributed by atoms with Gasteiger partial charge in [-0.05, 0) is 31.6 Å². The summed E-state index contributed by atoms with van der Waals surface area (Å²) in [6.45, 7) is 2.80. The molecule has 3 N–H and O–H groups in total. The summed E-state index contributed by atoms with van der Waals surface area (Å²) in [5.74, 6) is 0.396. The first-order chi connectivity index (χ1) is 8.98. The van der Waals surface area contributed by atoms with Crippen molar-refractivity contribution in [1.29, 1.82) is 0 Å². The molecular formula is C14H25N3O2. The van der Waals surface area contributed by atoms with E-state index >= 15 is 0 Å². The molecule has 1 saturated heterocycles. The van der Waals surface area contributed by atoms with Gasteiger partial charge in [-0.3, -0.25) is 9.59 Å². The average molecular weight is 267 g/mol. The molecule has 108 valence electrons. The van der Waals surface area contributed by atoms with E-state index in [0.717, 1.165) is 38.5 Å². The fourth-order valence-electron chi connectivity index (χ4n) is 3.52. The fourth-order valence-corrected chi connectivity index (χ4v) is 3.52. The van der Waals surface area contributed by atoms with E-state index in [1.165, 1.54) is 0 Å². The fraction of sp³-hybridized carbons (Fsp3) is 0.857. The van der Waals surface area contributed by atoms with Crippen molar-refractivity contribution in [2.24, 2.45) is 11.7 Å². The number of likely N-dealkylation sites (tertiary alicyclic amines) is 1. The summed E-state index contributed by atoms with van der Waals surface area (Å²) in [4.78, 5) is 26.3. The Morgan fingerprint density at radius 3 is 2.68 bits per heavy atom. The largest absolute Gasteiger partial charge is 0.357 e. The minimum atomic E-state index is -0.756. The van der Waals surface area contributed by atoms with Gasteiger partial charge in [-0.2, -0.15) is 0 Å². The molecule has 0 aromatic rings. The maximum Gasteiger partial charge on any atom is 0.243 e. The Balaban J connectivity index is 2.11. The molecule has 0 radical (unpaired) electrons. The molecule has 0 aromatic carbocycles. The summed E-state index contributed by atoms with van der Waals surface area (Å²) >= 11 is 0. The van der Waals surface area contributed by atoms with Crippen molar-refractivity contribution in [2.45, 2.75) is 57.0 Å². The van der Waals surface area contributed by atoms with Crippen LogP contribution < -0.4 is 11.1 Å². The van der Waals surface area contributed by atoms with E-state index in [1.807, 2.05) is 0 Å². The number of rotatable bonds is 2. The lowest BCUT2D eigenvalue weighted by molar-refractivity contribution is -0.144. The minimum absolute atomic E-state index is 0.0230. The van der Waals surface area contributed by atoms with Crippen LogP contribution in [0.25, 0.3) is 0 Å². The number of nitrogens with two attached hydrogens (primary N) is 1. The zero-order valence-corrected chi connectivity index (χ0v) is 11.9. The number of hydrogen-bond donors (Lipinski definition) is 2. The van der Waals surface area contributed by atoms with Crippen molar-refractivity contribution in [3.8, 4) is 0 Å². The van der Waals surface area contributed by atoms with E-state index < -0.39 is 5.54 Å². The molecule has 1 aliphatic carbocycles. The highest BCUT2D eigenvalue weighted by atomic mass is 16.2. The molecule has 5 heteroatoms. The highest BCUT2D eigenvalue weighted by Gasteiger charge is 2.44. The van der Waals surface area contributed by atoms with E-state index in [1.54, 1.807) is 11.9 Å². The van der Waals surface area contributed by atoms with Crippen molar-refractivity contribution in [3.05, 3.63) is 0 Å². The normalized spacial score (nSPS) is 35.2. The molecule has 1 aliphatic heterocycles. The van der Waals surface area contributed by atoms with Crippen LogP contribution in [0.3, 0.4) is 0 Å². The smallest absolute Gasteiger partial charge is 0.243 e. The molecule has 2 fully saturated rings. The first-order valence-electron chi connectivity index (χ1n) is 7.29. The molecular weight excluding hydrogens is 242 g/mol. The standard InChI is InChI=1S/C14H25N3O2/c1-10-5-3-7-14(15,9-10)13(19)17-8-4-6-11(17)12(18)16-2/h10-11H,3-9,15H2,1-2H3,(H,16,18). The molecule has 2 aliphatic rings. The quantitative estimate of drug-likeness (QED) is 0.770. The van der Waals surface area contributed by atoms with Gasteiger partial charge in [-0.25, -0.2) is 0 Å². The van der Waals surface area contributed by atoms with Crippen LogP contribution in [0.1, 0.15) is 45.4 Å². The number of likely N-dealkylation sites (N-methyl/N-ethyl adjacent to an activating group) is 1. The zero-order chi connectivity index (χ0) is 14.0. The second-order valence-electron chi connectivity index (χ2n) is 6.13. The highest BCUT2D eigenvalue weighted by molar-refractivity contribution is 5.92. The van der Waals surface area contributed by atoms with Crippen LogP contribution in [0.15, 0.2) is 0 Å². The molecule has 1 heterocycles. The summed E-state index contributed by atoms with van der Waals surface area (Å²) in [7, 11) is 1.62. The van der Waals surface area contributed by atoms with E-state index in [9.17, 15) is 9.59 Å². The molecule has 3 atom stereocenters. The number of carbonyl (C=O) groups excluding carboxylic acids is 2. The molecule has 1 saturated carbocycles. The van der Waals surface area contributed by atoms with Gasteiger partial charge in [0.05, 0.1) is 5.54 Å².